The van der Waals surface area contributed by atoms with Crippen molar-refractivity contribution < 1.29 is 4.74 Å². The van der Waals surface area contributed by atoms with E-state index >= 15 is 0 Å². The highest BCUT2D eigenvalue weighted by Gasteiger charge is 2.53. The molecule has 6 heteroatoms. The van der Waals surface area contributed by atoms with Crippen molar-refractivity contribution in [2.75, 3.05) is 18.1 Å². The van der Waals surface area contributed by atoms with Gasteiger partial charge in [-0.15, -0.1) is 0 Å². The fraction of sp³-hybridized carbons (Fsp3) is 0.481. The van der Waals surface area contributed by atoms with Crippen LogP contribution in [0.5, 0.6) is 5.88 Å². The van der Waals surface area contributed by atoms with E-state index in [9.17, 15) is 15.8 Å². The molecule has 3 heterocycles. The molecule has 2 aromatic rings. The van der Waals surface area contributed by atoms with Crippen molar-refractivity contribution in [3.8, 4) is 35.2 Å². The monoisotopic (exact) mass is 439 g/mol. The highest BCUT2D eigenvalue weighted by molar-refractivity contribution is 5.81. The molecule has 0 spiro atoms. The Kier molecular flexibility index (Phi) is 5.77. The molecule has 0 amide bonds. The van der Waals surface area contributed by atoms with E-state index in [-0.39, 0.29) is 17.9 Å². The molecule has 168 valence electrons. The minimum absolute atomic E-state index is 0.0901. The van der Waals surface area contributed by atoms with Gasteiger partial charge in [-0.2, -0.15) is 20.8 Å². The standard InChI is InChI=1S/C27H29N5O/c1-5-33-25-21(15-28)23(18-9-7-6-8-10-18)20-14-27(16-29,17-30)22-13-19(26(2,3)4)11-12-32(22)24(20)31-25/h6-10,19,22H,5,11-14H2,1-4H3/t19-,22+/m0/s1. The number of rotatable bonds is 3. The summed E-state index contributed by atoms with van der Waals surface area (Å²) in [5, 5.41) is 30.7. The second kappa shape index (κ2) is 8.42. The van der Waals surface area contributed by atoms with E-state index in [1.165, 1.54) is 0 Å². The van der Waals surface area contributed by atoms with Crippen LogP contribution in [0.1, 0.15) is 51.7 Å². The lowest BCUT2D eigenvalue weighted by Gasteiger charge is -2.51. The van der Waals surface area contributed by atoms with Gasteiger partial charge in [0, 0.05) is 24.1 Å². The predicted molar refractivity (Wildman–Crippen MR) is 126 cm³/mol. The molecule has 1 aromatic carbocycles. The number of anilines is 1. The number of fused-ring (bicyclic) bond motifs is 3. The minimum atomic E-state index is -1.21. The van der Waals surface area contributed by atoms with Gasteiger partial charge in [0.1, 0.15) is 17.5 Å². The fourth-order valence-corrected chi connectivity index (χ4v) is 5.38. The summed E-state index contributed by atoms with van der Waals surface area (Å²) in [4.78, 5) is 6.97. The first kappa shape index (κ1) is 22.6. The molecule has 1 fully saturated rings. The second-order valence-corrected chi connectivity index (χ2v) is 10.0. The Morgan fingerprint density at radius 2 is 1.85 bits per heavy atom. The molecule has 1 aromatic heterocycles. The lowest BCUT2D eigenvalue weighted by atomic mass is 9.64. The summed E-state index contributed by atoms with van der Waals surface area (Å²) in [6, 6.07) is 16.5. The lowest BCUT2D eigenvalue weighted by molar-refractivity contribution is 0.146. The molecule has 33 heavy (non-hydrogen) atoms. The highest BCUT2D eigenvalue weighted by Crippen LogP contribution is 2.51. The van der Waals surface area contributed by atoms with Gasteiger partial charge in [0.15, 0.2) is 5.41 Å². The van der Waals surface area contributed by atoms with E-state index < -0.39 is 5.41 Å². The van der Waals surface area contributed by atoms with Crippen molar-refractivity contribution in [1.29, 1.82) is 15.8 Å². The summed E-state index contributed by atoms with van der Waals surface area (Å²) < 4.78 is 5.83. The first-order chi connectivity index (χ1) is 15.8. The number of aromatic nitrogens is 1. The van der Waals surface area contributed by atoms with E-state index in [0.29, 0.717) is 30.5 Å². The molecule has 0 N–H and O–H groups in total. The quantitative estimate of drug-likeness (QED) is 0.649. The molecule has 0 unspecified atom stereocenters. The zero-order valence-corrected chi connectivity index (χ0v) is 19.7. The fourth-order valence-electron chi connectivity index (χ4n) is 5.38. The predicted octanol–water partition coefficient (Wildman–Crippen LogP) is 5.24. The van der Waals surface area contributed by atoms with Crippen LogP contribution in [0, 0.1) is 50.7 Å². The molecule has 2 aliphatic heterocycles. The van der Waals surface area contributed by atoms with Crippen molar-refractivity contribution >= 4 is 5.82 Å². The number of benzene rings is 1. The first-order valence-corrected chi connectivity index (χ1v) is 11.5. The first-order valence-electron chi connectivity index (χ1n) is 11.5. The molecule has 2 atom stereocenters. The molecule has 1 saturated heterocycles. The Morgan fingerprint density at radius 1 is 1.15 bits per heavy atom. The molecule has 0 aliphatic carbocycles. The van der Waals surface area contributed by atoms with Crippen LogP contribution in [0.2, 0.25) is 0 Å². The van der Waals surface area contributed by atoms with Gasteiger partial charge in [-0.1, -0.05) is 51.1 Å². The zero-order chi connectivity index (χ0) is 23.8. The normalized spacial score (nSPS) is 21.1. The molecule has 6 nitrogen and oxygen atoms in total. The largest absolute Gasteiger partial charge is 0.477 e. The SMILES string of the molecule is CCOc1nc2c(c(-c3ccccc3)c1C#N)CC(C#N)(C#N)[C@H]1C[C@@H](C(C)(C)C)CCN21. The molecule has 0 bridgehead atoms. The maximum absolute atomic E-state index is 10.3. The maximum atomic E-state index is 10.3. The van der Waals surface area contributed by atoms with Gasteiger partial charge < -0.3 is 9.64 Å². The van der Waals surface area contributed by atoms with Crippen molar-refractivity contribution in [2.45, 2.75) is 53.0 Å². The third kappa shape index (κ3) is 3.69. The van der Waals surface area contributed by atoms with E-state index in [4.69, 9.17) is 9.72 Å². The Morgan fingerprint density at radius 3 is 2.42 bits per heavy atom. The van der Waals surface area contributed by atoms with Crippen LogP contribution in [0.15, 0.2) is 30.3 Å². The Bertz CT molecular complexity index is 1160. The van der Waals surface area contributed by atoms with Crippen molar-refractivity contribution in [1.82, 2.24) is 4.98 Å². The number of nitrogens with zero attached hydrogens (tertiary/aromatic N) is 5. The number of pyridine rings is 1. The average Bonchev–Trinajstić information content (AvgIpc) is 2.82. The number of nitriles is 3. The zero-order valence-electron chi connectivity index (χ0n) is 19.7. The second-order valence-electron chi connectivity index (χ2n) is 10.0. The van der Waals surface area contributed by atoms with Crippen LogP contribution < -0.4 is 9.64 Å². The highest BCUT2D eigenvalue weighted by atomic mass is 16.5. The van der Waals surface area contributed by atoms with Gasteiger partial charge in [-0.3, -0.25) is 0 Å². The van der Waals surface area contributed by atoms with Crippen LogP contribution in [0.4, 0.5) is 5.82 Å². The third-order valence-corrected chi connectivity index (χ3v) is 7.22. The average molecular weight is 440 g/mol. The van der Waals surface area contributed by atoms with Crippen LogP contribution in [-0.4, -0.2) is 24.2 Å². The summed E-state index contributed by atoms with van der Waals surface area (Å²) in [5.41, 5.74) is 1.61. The van der Waals surface area contributed by atoms with E-state index in [2.05, 4.69) is 43.9 Å². The Balaban J connectivity index is 1.99. The Labute approximate surface area is 196 Å². The van der Waals surface area contributed by atoms with Gasteiger partial charge in [0.25, 0.3) is 0 Å². The number of piperidine rings is 1. The number of ether oxygens (including phenoxy) is 1. The molecule has 0 radical (unpaired) electrons. The lowest BCUT2D eigenvalue weighted by Crippen LogP contribution is -2.57. The molecular formula is C27H29N5O. The molecule has 0 saturated carbocycles. The summed E-state index contributed by atoms with van der Waals surface area (Å²) in [5.74, 6) is 1.46. The number of hydrogen-bond donors (Lipinski definition) is 0. The van der Waals surface area contributed by atoms with Crippen LogP contribution in [-0.2, 0) is 6.42 Å². The summed E-state index contributed by atoms with van der Waals surface area (Å²) in [6.07, 6.45) is 1.96. The van der Waals surface area contributed by atoms with Crippen molar-refractivity contribution in [2.24, 2.45) is 16.7 Å². The molecule has 4 rings (SSSR count). The summed E-state index contributed by atoms with van der Waals surface area (Å²) >= 11 is 0. The van der Waals surface area contributed by atoms with Crippen LogP contribution in [0.3, 0.4) is 0 Å². The topological polar surface area (TPSA) is 96.7 Å². The third-order valence-electron chi connectivity index (χ3n) is 7.22. The van der Waals surface area contributed by atoms with E-state index in [1.807, 2.05) is 37.3 Å². The minimum Gasteiger partial charge on any atom is -0.477 e. The smallest absolute Gasteiger partial charge is 0.234 e. The molecular weight excluding hydrogens is 410 g/mol. The van der Waals surface area contributed by atoms with Gasteiger partial charge in [-0.25, -0.2) is 0 Å². The van der Waals surface area contributed by atoms with Gasteiger partial charge >= 0.3 is 0 Å². The van der Waals surface area contributed by atoms with Crippen molar-refractivity contribution in [3.63, 3.8) is 0 Å². The number of hydrogen-bond acceptors (Lipinski definition) is 6. The van der Waals surface area contributed by atoms with Gasteiger partial charge in [0.2, 0.25) is 5.88 Å². The summed E-state index contributed by atoms with van der Waals surface area (Å²) in [7, 11) is 0. The molecule has 2 aliphatic rings. The Hall–Kier alpha value is -3.56. The summed E-state index contributed by atoms with van der Waals surface area (Å²) in [6.45, 7) is 9.65. The van der Waals surface area contributed by atoms with Crippen molar-refractivity contribution in [3.05, 3.63) is 41.5 Å². The van der Waals surface area contributed by atoms with Gasteiger partial charge in [0.05, 0.1) is 24.8 Å². The van der Waals surface area contributed by atoms with Gasteiger partial charge in [-0.05, 0) is 36.7 Å². The van der Waals surface area contributed by atoms with Crippen LogP contribution in [0.25, 0.3) is 11.1 Å². The van der Waals surface area contributed by atoms with E-state index in [0.717, 1.165) is 35.3 Å². The maximum Gasteiger partial charge on any atom is 0.234 e. The van der Waals surface area contributed by atoms with E-state index in [1.54, 1.807) is 0 Å². The van der Waals surface area contributed by atoms with Crippen LogP contribution >= 0.6 is 0 Å².